The number of nitriles is 1. The molecule has 0 fully saturated rings. The minimum atomic E-state index is -0.580. The maximum Gasteiger partial charge on any atom is 0.162 e. The van der Waals surface area contributed by atoms with Crippen LogP contribution in [0.25, 0.3) is 10.8 Å². The second-order valence-electron chi connectivity index (χ2n) is 11.1. The van der Waals surface area contributed by atoms with Crippen LogP contribution >= 0.6 is 0 Å². The lowest BCUT2D eigenvalue weighted by Crippen LogP contribution is -2.43. The van der Waals surface area contributed by atoms with Gasteiger partial charge in [0, 0.05) is 31.3 Å². The summed E-state index contributed by atoms with van der Waals surface area (Å²) in [7, 11) is 3.21. The molecule has 1 heterocycles. The summed E-state index contributed by atoms with van der Waals surface area (Å²) in [5.74, 6) is 0.931. The molecular formula is C33H35N3O4. The normalized spacial score (nSPS) is 18.5. The van der Waals surface area contributed by atoms with E-state index in [-0.39, 0.29) is 11.2 Å². The third kappa shape index (κ3) is 5.03. The number of Topliss-reactive ketones (excluding diaryl/α,β-unsaturated/α-hetero) is 1. The molecule has 0 amide bonds. The van der Waals surface area contributed by atoms with Gasteiger partial charge in [0.2, 0.25) is 0 Å². The van der Waals surface area contributed by atoms with Crippen LogP contribution in [-0.4, -0.2) is 38.1 Å². The zero-order chi connectivity index (χ0) is 28.4. The number of carbonyl (C=O) groups excluding carboxylic acids is 1. The van der Waals surface area contributed by atoms with Crippen LogP contribution in [-0.2, 0) is 16.1 Å². The van der Waals surface area contributed by atoms with Crippen LogP contribution in [0.4, 0.5) is 0 Å². The first-order valence-corrected chi connectivity index (χ1v) is 13.5. The van der Waals surface area contributed by atoms with Gasteiger partial charge in [0.1, 0.15) is 12.4 Å². The summed E-state index contributed by atoms with van der Waals surface area (Å²) in [4.78, 5) is 15.6. The summed E-state index contributed by atoms with van der Waals surface area (Å²) >= 11 is 0. The Kier molecular flexibility index (Phi) is 7.55. The summed E-state index contributed by atoms with van der Waals surface area (Å²) < 4.78 is 17.3. The van der Waals surface area contributed by atoms with Crippen LogP contribution in [0, 0.1) is 16.7 Å². The van der Waals surface area contributed by atoms with Crippen molar-refractivity contribution in [2.24, 2.45) is 11.1 Å². The molecule has 0 bridgehead atoms. The van der Waals surface area contributed by atoms with Crippen LogP contribution in [0.1, 0.15) is 43.7 Å². The quantitative estimate of drug-likeness (QED) is 0.387. The molecule has 5 rings (SSSR count). The Bertz CT molecular complexity index is 1560. The first-order chi connectivity index (χ1) is 19.3. The van der Waals surface area contributed by atoms with Crippen LogP contribution in [0.3, 0.4) is 0 Å². The van der Waals surface area contributed by atoms with E-state index in [9.17, 15) is 10.1 Å². The fourth-order valence-corrected chi connectivity index (χ4v) is 5.90. The molecule has 40 heavy (non-hydrogen) atoms. The zero-order valence-electron chi connectivity index (χ0n) is 23.5. The minimum Gasteiger partial charge on any atom is -0.493 e. The number of benzene rings is 3. The van der Waals surface area contributed by atoms with Crippen molar-refractivity contribution in [3.63, 3.8) is 0 Å². The van der Waals surface area contributed by atoms with Crippen molar-refractivity contribution in [2.75, 3.05) is 27.4 Å². The summed E-state index contributed by atoms with van der Waals surface area (Å²) in [6.07, 6.45) is 1.08. The number of rotatable bonds is 8. The van der Waals surface area contributed by atoms with E-state index in [2.05, 4.69) is 44.2 Å². The van der Waals surface area contributed by atoms with Gasteiger partial charge in [0.15, 0.2) is 17.3 Å². The highest BCUT2D eigenvalue weighted by molar-refractivity contribution is 6.00. The Balaban J connectivity index is 1.53. The molecule has 0 spiro atoms. The van der Waals surface area contributed by atoms with Crippen LogP contribution in [0.15, 0.2) is 83.3 Å². The number of hydrogen-bond acceptors (Lipinski definition) is 7. The Morgan fingerprint density at radius 3 is 2.58 bits per heavy atom. The van der Waals surface area contributed by atoms with E-state index in [1.54, 1.807) is 14.2 Å². The van der Waals surface area contributed by atoms with E-state index in [1.165, 1.54) is 0 Å². The number of nitrogens with zero attached hydrogens (tertiary/aromatic N) is 2. The van der Waals surface area contributed by atoms with E-state index >= 15 is 0 Å². The van der Waals surface area contributed by atoms with Crippen molar-refractivity contribution in [3.05, 3.63) is 94.5 Å². The van der Waals surface area contributed by atoms with Gasteiger partial charge >= 0.3 is 0 Å². The van der Waals surface area contributed by atoms with Gasteiger partial charge in [0.25, 0.3) is 0 Å². The van der Waals surface area contributed by atoms with E-state index in [0.717, 1.165) is 27.6 Å². The van der Waals surface area contributed by atoms with E-state index in [1.807, 2.05) is 41.3 Å². The predicted octanol–water partition coefficient (Wildman–Crippen LogP) is 5.81. The maximum atomic E-state index is 13.7. The minimum absolute atomic E-state index is 0.0363. The molecule has 0 unspecified atom stereocenters. The average molecular weight is 538 g/mol. The number of nitrogens with two attached hydrogens (primary N) is 1. The van der Waals surface area contributed by atoms with E-state index in [0.29, 0.717) is 61.1 Å². The first kappa shape index (κ1) is 27.3. The van der Waals surface area contributed by atoms with Gasteiger partial charge in [0.05, 0.1) is 31.3 Å². The van der Waals surface area contributed by atoms with Gasteiger partial charge in [-0.2, -0.15) is 5.26 Å². The largest absolute Gasteiger partial charge is 0.493 e. The summed E-state index contributed by atoms with van der Waals surface area (Å²) in [6, 6.07) is 22.3. The SMILES string of the molecule is COCCN1C(N)=C(C#N)[C@@H](c2ccc(OCc3cccc4ccccc34)c(OC)c2)C2=C1CC(C)(C)CC2=O. The smallest absolute Gasteiger partial charge is 0.162 e. The standard InChI is InChI=1S/C33H35N3O4/c1-33(2)17-26-31(27(37)18-33)30(25(19-34)32(35)36(26)14-15-38-3)22-12-13-28(29(16-22)39-4)40-20-23-10-7-9-21-8-5-6-11-24(21)23/h5-13,16,30H,14-15,17-18,20,35H2,1-4H3/t30-/m1/s1. The molecular weight excluding hydrogens is 502 g/mol. The molecule has 1 aliphatic carbocycles. The molecule has 206 valence electrons. The molecule has 7 nitrogen and oxygen atoms in total. The van der Waals surface area contributed by atoms with Crippen LogP contribution in [0.2, 0.25) is 0 Å². The molecule has 0 radical (unpaired) electrons. The number of carbonyl (C=O) groups is 1. The Morgan fingerprint density at radius 2 is 1.82 bits per heavy atom. The summed E-state index contributed by atoms with van der Waals surface area (Å²) in [5, 5.41) is 12.5. The second-order valence-corrected chi connectivity index (χ2v) is 11.1. The molecule has 2 N–H and O–H groups in total. The Morgan fingerprint density at radius 1 is 1.05 bits per heavy atom. The molecule has 0 saturated heterocycles. The van der Waals surface area contributed by atoms with Crippen molar-refractivity contribution in [1.82, 2.24) is 4.90 Å². The van der Waals surface area contributed by atoms with Crippen LogP contribution in [0.5, 0.6) is 11.5 Å². The monoisotopic (exact) mass is 537 g/mol. The van der Waals surface area contributed by atoms with Crippen molar-refractivity contribution in [3.8, 4) is 17.6 Å². The molecule has 1 aliphatic heterocycles. The molecule has 7 heteroatoms. The van der Waals surface area contributed by atoms with Crippen molar-refractivity contribution in [1.29, 1.82) is 5.26 Å². The molecule has 1 atom stereocenters. The lowest BCUT2D eigenvalue weighted by atomic mass is 9.68. The molecule has 3 aromatic carbocycles. The number of allylic oxidation sites excluding steroid dienone is 3. The van der Waals surface area contributed by atoms with Crippen LogP contribution < -0.4 is 15.2 Å². The number of hydrogen-bond donors (Lipinski definition) is 1. The van der Waals surface area contributed by atoms with Gasteiger partial charge in [-0.3, -0.25) is 4.79 Å². The van der Waals surface area contributed by atoms with Gasteiger partial charge in [-0.1, -0.05) is 62.4 Å². The van der Waals surface area contributed by atoms with Gasteiger partial charge < -0.3 is 24.8 Å². The maximum absolute atomic E-state index is 13.7. The lowest BCUT2D eigenvalue weighted by molar-refractivity contribution is -0.118. The van der Waals surface area contributed by atoms with Crippen molar-refractivity contribution >= 4 is 16.6 Å². The number of ketones is 1. The average Bonchev–Trinajstić information content (AvgIpc) is 2.94. The van der Waals surface area contributed by atoms with Gasteiger partial charge in [-0.05, 0) is 45.9 Å². The highest BCUT2D eigenvalue weighted by Crippen LogP contribution is 2.49. The van der Waals surface area contributed by atoms with Gasteiger partial charge in [-0.25, -0.2) is 0 Å². The topological polar surface area (TPSA) is 97.8 Å². The third-order valence-electron chi connectivity index (χ3n) is 7.79. The molecule has 0 saturated carbocycles. The highest BCUT2D eigenvalue weighted by atomic mass is 16.5. The first-order valence-electron chi connectivity index (χ1n) is 13.5. The van der Waals surface area contributed by atoms with E-state index < -0.39 is 5.92 Å². The Labute approximate surface area is 235 Å². The number of fused-ring (bicyclic) bond motifs is 1. The van der Waals surface area contributed by atoms with E-state index in [4.69, 9.17) is 19.9 Å². The molecule has 0 aromatic heterocycles. The fourth-order valence-electron chi connectivity index (χ4n) is 5.90. The molecule has 3 aromatic rings. The molecule has 2 aliphatic rings. The number of methoxy groups -OCH3 is 2. The van der Waals surface area contributed by atoms with Crippen molar-refractivity contribution < 1.29 is 19.0 Å². The lowest BCUT2D eigenvalue weighted by Gasteiger charge is -2.43. The number of ether oxygens (including phenoxy) is 3. The third-order valence-corrected chi connectivity index (χ3v) is 7.79. The summed E-state index contributed by atoms with van der Waals surface area (Å²) in [5.41, 5.74) is 10.1. The summed E-state index contributed by atoms with van der Waals surface area (Å²) in [6.45, 7) is 5.43. The zero-order valence-corrected chi connectivity index (χ0v) is 23.5. The predicted molar refractivity (Wildman–Crippen MR) is 154 cm³/mol. The van der Waals surface area contributed by atoms with Crippen molar-refractivity contribution in [2.45, 2.75) is 39.2 Å². The van der Waals surface area contributed by atoms with Gasteiger partial charge in [-0.15, -0.1) is 0 Å². The fraction of sp³-hybridized carbons (Fsp3) is 0.333. The second kappa shape index (κ2) is 11.1. The highest BCUT2D eigenvalue weighted by Gasteiger charge is 2.44. The Hall–Kier alpha value is -4.28.